The maximum Gasteiger partial charge on any atom is 0.317 e. The fourth-order valence-electron chi connectivity index (χ4n) is 4.06. The van der Waals surface area contributed by atoms with Crippen molar-refractivity contribution in [1.82, 2.24) is 20.4 Å². The van der Waals surface area contributed by atoms with Gasteiger partial charge in [0, 0.05) is 30.7 Å². The van der Waals surface area contributed by atoms with Crippen molar-refractivity contribution in [2.75, 3.05) is 32.7 Å². The van der Waals surface area contributed by atoms with Crippen molar-refractivity contribution in [3.8, 4) is 0 Å². The van der Waals surface area contributed by atoms with Gasteiger partial charge in [-0.1, -0.05) is 13.8 Å². The molecular weight excluding hydrogens is 332 g/mol. The summed E-state index contributed by atoms with van der Waals surface area (Å²) in [6, 6.07) is 0.279. The Morgan fingerprint density at radius 3 is 2.58 bits per heavy atom. The van der Waals surface area contributed by atoms with Crippen molar-refractivity contribution in [1.29, 1.82) is 0 Å². The molecule has 150 valence electrons. The van der Waals surface area contributed by atoms with E-state index in [-0.39, 0.29) is 30.2 Å². The van der Waals surface area contributed by atoms with Gasteiger partial charge in [-0.15, -0.1) is 0 Å². The first-order chi connectivity index (χ1) is 12.2. The summed E-state index contributed by atoms with van der Waals surface area (Å²) in [4.78, 5) is 27.5. The van der Waals surface area contributed by atoms with Crippen LogP contribution in [0.5, 0.6) is 0 Å². The fraction of sp³-hybridized carbons (Fsp3) is 0.895. The average molecular weight is 369 g/mol. The lowest BCUT2D eigenvalue weighted by atomic mass is 9.85. The predicted octanol–water partition coefficient (Wildman–Crippen LogP) is 1.73. The minimum atomic E-state index is -0.796. The average Bonchev–Trinajstić information content (AvgIpc) is 2.54. The molecule has 1 aliphatic heterocycles. The van der Waals surface area contributed by atoms with Crippen LogP contribution in [-0.2, 0) is 4.79 Å². The summed E-state index contributed by atoms with van der Waals surface area (Å²) in [6.07, 6.45) is 4.16. The standard InChI is InChI=1S/C19H36N4O3/c1-5-22(12-17(24)25)16-9-15(10-16)21-18(26)20-13-19(3,4)23-8-6-7-14(2)11-23/h14-16H,5-13H2,1-4H3,(H,24,25)(H2,20,21,26). The van der Waals surface area contributed by atoms with Crippen molar-refractivity contribution in [3.63, 3.8) is 0 Å². The fourth-order valence-corrected chi connectivity index (χ4v) is 4.06. The number of likely N-dealkylation sites (tertiary alicyclic amines) is 1. The van der Waals surface area contributed by atoms with Crippen LogP contribution in [0.15, 0.2) is 0 Å². The number of urea groups is 1. The molecule has 26 heavy (non-hydrogen) atoms. The maximum absolute atomic E-state index is 12.2. The summed E-state index contributed by atoms with van der Waals surface area (Å²) < 4.78 is 0. The Bertz CT molecular complexity index is 491. The third-order valence-electron chi connectivity index (χ3n) is 5.90. The molecule has 0 spiro atoms. The number of carboxylic acid groups (broad SMARTS) is 1. The van der Waals surface area contributed by atoms with Gasteiger partial charge >= 0.3 is 12.0 Å². The molecule has 1 saturated heterocycles. The summed E-state index contributed by atoms with van der Waals surface area (Å²) in [6.45, 7) is 12.3. The molecule has 2 rings (SSSR count). The van der Waals surface area contributed by atoms with Crippen molar-refractivity contribution in [2.45, 2.75) is 71.0 Å². The van der Waals surface area contributed by atoms with Gasteiger partial charge in [-0.3, -0.25) is 14.6 Å². The highest BCUT2D eigenvalue weighted by molar-refractivity contribution is 5.74. The zero-order valence-corrected chi connectivity index (χ0v) is 16.8. The van der Waals surface area contributed by atoms with Crippen molar-refractivity contribution >= 4 is 12.0 Å². The highest BCUT2D eigenvalue weighted by Gasteiger charge is 2.35. The van der Waals surface area contributed by atoms with Crippen LogP contribution in [0.1, 0.15) is 53.4 Å². The van der Waals surface area contributed by atoms with E-state index < -0.39 is 5.97 Å². The van der Waals surface area contributed by atoms with Crippen molar-refractivity contribution in [2.24, 2.45) is 5.92 Å². The summed E-state index contributed by atoms with van der Waals surface area (Å²) in [7, 11) is 0. The molecule has 2 amide bonds. The highest BCUT2D eigenvalue weighted by atomic mass is 16.4. The quantitative estimate of drug-likeness (QED) is 0.608. The molecule has 2 fully saturated rings. The molecule has 0 aromatic heterocycles. The van der Waals surface area contributed by atoms with Gasteiger partial charge in [0.2, 0.25) is 0 Å². The number of aliphatic carboxylic acids is 1. The van der Waals surface area contributed by atoms with Gasteiger partial charge < -0.3 is 15.7 Å². The Morgan fingerprint density at radius 2 is 2.00 bits per heavy atom. The summed E-state index contributed by atoms with van der Waals surface area (Å²) >= 11 is 0. The van der Waals surface area contributed by atoms with Gasteiger partial charge in [-0.05, 0) is 58.5 Å². The molecule has 2 aliphatic rings. The zero-order chi connectivity index (χ0) is 19.3. The monoisotopic (exact) mass is 368 g/mol. The first-order valence-electron chi connectivity index (χ1n) is 9.96. The first-order valence-corrected chi connectivity index (χ1v) is 9.96. The maximum atomic E-state index is 12.2. The van der Waals surface area contributed by atoms with Crippen LogP contribution in [0.25, 0.3) is 0 Å². The Hall–Kier alpha value is -1.34. The van der Waals surface area contributed by atoms with Crippen LogP contribution in [0.2, 0.25) is 0 Å². The number of nitrogens with zero attached hydrogens (tertiary/aromatic N) is 2. The molecule has 1 aliphatic carbocycles. The number of carboxylic acids is 1. The van der Waals surface area contributed by atoms with Gasteiger partial charge in [0.1, 0.15) is 0 Å². The molecule has 1 unspecified atom stereocenters. The van der Waals surface area contributed by atoms with Gasteiger partial charge in [-0.2, -0.15) is 0 Å². The summed E-state index contributed by atoms with van der Waals surface area (Å²) in [5, 5.41) is 15.0. The molecule has 7 nitrogen and oxygen atoms in total. The highest BCUT2D eigenvalue weighted by Crippen LogP contribution is 2.26. The summed E-state index contributed by atoms with van der Waals surface area (Å²) in [5.41, 5.74) is -0.0470. The first kappa shape index (κ1) is 21.0. The van der Waals surface area contributed by atoms with Gasteiger partial charge in [-0.25, -0.2) is 4.79 Å². The molecule has 0 radical (unpaired) electrons. The van der Waals surface area contributed by atoms with E-state index in [0.29, 0.717) is 6.54 Å². The molecule has 7 heteroatoms. The second-order valence-corrected chi connectivity index (χ2v) is 8.61. The van der Waals surface area contributed by atoms with Crippen LogP contribution in [0, 0.1) is 5.92 Å². The van der Waals surface area contributed by atoms with E-state index in [2.05, 4.69) is 36.3 Å². The molecule has 1 atom stereocenters. The van der Waals surface area contributed by atoms with E-state index in [1.807, 2.05) is 11.8 Å². The topological polar surface area (TPSA) is 84.9 Å². The Morgan fingerprint density at radius 1 is 1.31 bits per heavy atom. The van der Waals surface area contributed by atoms with Crippen LogP contribution in [0.3, 0.4) is 0 Å². The number of hydrogen-bond acceptors (Lipinski definition) is 4. The molecule has 1 saturated carbocycles. The van der Waals surface area contributed by atoms with E-state index in [4.69, 9.17) is 5.11 Å². The number of likely N-dealkylation sites (N-methyl/N-ethyl adjacent to an activating group) is 1. The van der Waals surface area contributed by atoms with Crippen LogP contribution < -0.4 is 10.6 Å². The van der Waals surface area contributed by atoms with Crippen LogP contribution >= 0.6 is 0 Å². The Labute approximate surface area is 157 Å². The number of rotatable bonds is 8. The smallest absolute Gasteiger partial charge is 0.317 e. The van der Waals surface area contributed by atoms with E-state index in [1.54, 1.807) is 0 Å². The van der Waals surface area contributed by atoms with Crippen LogP contribution in [0.4, 0.5) is 4.79 Å². The zero-order valence-electron chi connectivity index (χ0n) is 16.8. The number of piperidine rings is 1. The lowest BCUT2D eigenvalue weighted by Gasteiger charge is -2.44. The number of carbonyl (C=O) groups is 2. The lowest BCUT2D eigenvalue weighted by Crippen LogP contribution is -2.59. The third kappa shape index (κ3) is 5.84. The van der Waals surface area contributed by atoms with Gasteiger partial charge in [0.25, 0.3) is 0 Å². The molecule has 1 heterocycles. The largest absolute Gasteiger partial charge is 0.480 e. The number of nitrogens with one attached hydrogen (secondary N) is 2. The van der Waals surface area contributed by atoms with Crippen LogP contribution in [-0.4, -0.2) is 77.3 Å². The van der Waals surface area contributed by atoms with Crippen molar-refractivity contribution < 1.29 is 14.7 Å². The van der Waals surface area contributed by atoms with E-state index in [0.717, 1.165) is 38.4 Å². The molecule has 3 N–H and O–H groups in total. The van der Waals surface area contributed by atoms with E-state index in [9.17, 15) is 9.59 Å². The minimum Gasteiger partial charge on any atom is -0.480 e. The second-order valence-electron chi connectivity index (χ2n) is 8.61. The lowest BCUT2D eigenvalue weighted by molar-refractivity contribution is -0.139. The number of amides is 2. The second kappa shape index (κ2) is 9.04. The number of hydrogen-bond donors (Lipinski definition) is 3. The normalized spacial score (nSPS) is 27.0. The third-order valence-corrected chi connectivity index (χ3v) is 5.90. The van der Waals surface area contributed by atoms with E-state index >= 15 is 0 Å². The minimum absolute atomic E-state index is 0.0470. The number of carbonyl (C=O) groups excluding carboxylic acids is 1. The van der Waals surface area contributed by atoms with Gasteiger partial charge in [0.05, 0.1) is 6.54 Å². The van der Waals surface area contributed by atoms with E-state index in [1.165, 1.54) is 12.8 Å². The molecule has 0 bridgehead atoms. The van der Waals surface area contributed by atoms with Gasteiger partial charge in [0.15, 0.2) is 0 Å². The molecule has 0 aromatic rings. The van der Waals surface area contributed by atoms with Crippen molar-refractivity contribution in [3.05, 3.63) is 0 Å². The summed E-state index contributed by atoms with van der Waals surface area (Å²) in [5.74, 6) is -0.0775. The Balaban J connectivity index is 1.69. The SMILES string of the molecule is CCN(CC(=O)O)C1CC(NC(=O)NCC(C)(C)N2CCCC(C)C2)C1. The Kier molecular flexibility index (Phi) is 7.29. The molecular formula is C19H36N4O3. The predicted molar refractivity (Wildman–Crippen MR) is 102 cm³/mol. The molecule has 0 aromatic carbocycles.